The van der Waals surface area contributed by atoms with Crippen LogP contribution in [0.3, 0.4) is 0 Å². The second-order valence-electron chi connectivity index (χ2n) is 4.31. The molecule has 1 amide bonds. The van der Waals surface area contributed by atoms with E-state index in [1.165, 1.54) is 11.0 Å². The van der Waals surface area contributed by atoms with Gasteiger partial charge >= 0.3 is 0 Å². The van der Waals surface area contributed by atoms with Gasteiger partial charge in [-0.1, -0.05) is 11.6 Å². The number of benzene rings is 1. The van der Waals surface area contributed by atoms with Crippen molar-refractivity contribution < 1.29 is 9.90 Å². The number of halogens is 1. The van der Waals surface area contributed by atoms with Gasteiger partial charge in [-0.15, -0.1) is 5.10 Å². The Morgan fingerprint density at radius 2 is 2.35 bits per heavy atom. The van der Waals surface area contributed by atoms with Gasteiger partial charge in [-0.3, -0.25) is 4.79 Å². The third-order valence-electron chi connectivity index (χ3n) is 2.65. The highest BCUT2D eigenvalue weighted by Crippen LogP contribution is 2.18. The highest BCUT2D eigenvalue weighted by Gasteiger charge is 2.14. The quantitative estimate of drug-likeness (QED) is 0.852. The molecular weight excluding hydrogens is 282 g/mol. The van der Waals surface area contributed by atoms with Gasteiger partial charge in [0.25, 0.3) is 5.91 Å². The topological polar surface area (TPSA) is 92.9 Å². The Morgan fingerprint density at radius 1 is 1.55 bits per heavy atom. The van der Waals surface area contributed by atoms with E-state index < -0.39 is 6.10 Å². The van der Waals surface area contributed by atoms with Crippen molar-refractivity contribution in [3.63, 3.8) is 0 Å². The maximum Gasteiger partial charge on any atom is 0.253 e. The van der Waals surface area contributed by atoms with Crippen LogP contribution in [0.15, 0.2) is 24.5 Å². The van der Waals surface area contributed by atoms with Crippen molar-refractivity contribution in [2.24, 2.45) is 0 Å². The smallest absolute Gasteiger partial charge is 0.253 e. The minimum Gasteiger partial charge on any atom is -0.393 e. The third-order valence-corrected chi connectivity index (χ3v) is 2.88. The maximum atomic E-state index is 12.2. The van der Waals surface area contributed by atoms with E-state index in [1.54, 1.807) is 25.1 Å². The standard InChI is InChI=1S/C12H14ClN5O2/c1-8(19)4-5-14-12(20)10-6-9(13)2-3-11(10)18-7-15-16-17-18/h2-3,6-8,19H,4-5H2,1H3,(H,14,20). The summed E-state index contributed by atoms with van der Waals surface area (Å²) in [7, 11) is 0. The molecule has 20 heavy (non-hydrogen) atoms. The molecule has 0 aliphatic rings. The summed E-state index contributed by atoms with van der Waals surface area (Å²) in [5, 5.41) is 23.2. The molecule has 2 N–H and O–H groups in total. The van der Waals surface area contributed by atoms with Gasteiger partial charge in [0.1, 0.15) is 6.33 Å². The third kappa shape index (κ3) is 3.52. The molecule has 0 fully saturated rings. The average molecular weight is 296 g/mol. The molecule has 0 aliphatic carbocycles. The van der Waals surface area contributed by atoms with E-state index in [1.807, 2.05) is 0 Å². The first kappa shape index (κ1) is 14.4. The fraction of sp³-hybridized carbons (Fsp3) is 0.333. The normalized spacial score (nSPS) is 12.2. The fourth-order valence-electron chi connectivity index (χ4n) is 1.65. The van der Waals surface area contributed by atoms with E-state index >= 15 is 0 Å². The minimum atomic E-state index is -0.464. The number of aliphatic hydroxyl groups is 1. The molecule has 7 nitrogen and oxygen atoms in total. The number of nitrogens with zero attached hydrogens (tertiary/aromatic N) is 4. The second-order valence-corrected chi connectivity index (χ2v) is 4.75. The van der Waals surface area contributed by atoms with E-state index in [0.29, 0.717) is 29.2 Å². The molecule has 1 unspecified atom stereocenters. The molecule has 1 heterocycles. The van der Waals surface area contributed by atoms with Gasteiger partial charge < -0.3 is 10.4 Å². The number of carbonyl (C=O) groups excluding carboxylic acids is 1. The van der Waals surface area contributed by atoms with Crippen LogP contribution in [0.25, 0.3) is 5.69 Å². The zero-order valence-corrected chi connectivity index (χ0v) is 11.6. The van der Waals surface area contributed by atoms with Crippen LogP contribution >= 0.6 is 11.6 Å². The molecule has 1 aromatic carbocycles. The highest BCUT2D eigenvalue weighted by atomic mass is 35.5. The maximum absolute atomic E-state index is 12.2. The number of nitrogens with one attached hydrogen (secondary N) is 1. The van der Waals surface area contributed by atoms with Crippen molar-refractivity contribution in [1.29, 1.82) is 0 Å². The Morgan fingerprint density at radius 3 is 3.00 bits per heavy atom. The molecule has 0 radical (unpaired) electrons. The summed E-state index contributed by atoms with van der Waals surface area (Å²) in [6.07, 6.45) is 1.41. The lowest BCUT2D eigenvalue weighted by Crippen LogP contribution is -2.27. The van der Waals surface area contributed by atoms with Crippen molar-refractivity contribution in [3.8, 4) is 5.69 Å². The highest BCUT2D eigenvalue weighted by molar-refractivity contribution is 6.31. The zero-order valence-electron chi connectivity index (χ0n) is 10.8. The zero-order chi connectivity index (χ0) is 14.5. The van der Waals surface area contributed by atoms with E-state index in [4.69, 9.17) is 11.6 Å². The number of rotatable bonds is 5. The van der Waals surface area contributed by atoms with E-state index in [-0.39, 0.29) is 5.91 Å². The first-order valence-electron chi connectivity index (χ1n) is 6.07. The summed E-state index contributed by atoms with van der Waals surface area (Å²) in [5.74, 6) is -0.293. The van der Waals surface area contributed by atoms with Crippen molar-refractivity contribution in [1.82, 2.24) is 25.5 Å². The molecule has 2 rings (SSSR count). The molecule has 0 bridgehead atoms. The Balaban J connectivity index is 2.21. The van der Waals surface area contributed by atoms with Gasteiger partial charge in [-0.2, -0.15) is 4.68 Å². The number of hydrogen-bond acceptors (Lipinski definition) is 5. The van der Waals surface area contributed by atoms with Gasteiger partial charge in [0, 0.05) is 11.6 Å². The monoisotopic (exact) mass is 295 g/mol. The summed E-state index contributed by atoms with van der Waals surface area (Å²) in [6, 6.07) is 4.88. The first-order chi connectivity index (χ1) is 9.58. The summed E-state index contributed by atoms with van der Waals surface area (Å²) >= 11 is 5.93. The Hall–Kier alpha value is -1.99. The van der Waals surface area contributed by atoms with E-state index in [2.05, 4.69) is 20.8 Å². The lowest BCUT2D eigenvalue weighted by atomic mass is 10.1. The number of amides is 1. The lowest BCUT2D eigenvalue weighted by Gasteiger charge is -2.10. The average Bonchev–Trinajstić information content (AvgIpc) is 2.91. The van der Waals surface area contributed by atoms with Gasteiger partial charge in [-0.25, -0.2) is 0 Å². The van der Waals surface area contributed by atoms with Crippen LogP contribution < -0.4 is 5.32 Å². The number of tetrazole rings is 1. The van der Waals surface area contributed by atoms with Gasteiger partial charge in [0.2, 0.25) is 0 Å². The SMILES string of the molecule is CC(O)CCNC(=O)c1cc(Cl)ccc1-n1cnnn1. The van der Waals surface area contributed by atoms with Gasteiger partial charge in [0.15, 0.2) is 0 Å². The second kappa shape index (κ2) is 6.44. The largest absolute Gasteiger partial charge is 0.393 e. The minimum absolute atomic E-state index is 0.293. The van der Waals surface area contributed by atoms with Crippen LogP contribution in [-0.4, -0.2) is 43.9 Å². The van der Waals surface area contributed by atoms with Crippen LogP contribution in [-0.2, 0) is 0 Å². The molecule has 8 heteroatoms. The summed E-state index contributed by atoms with van der Waals surface area (Å²) in [5.41, 5.74) is 0.907. The Labute approximate surface area is 120 Å². The predicted molar refractivity (Wildman–Crippen MR) is 72.8 cm³/mol. The van der Waals surface area contributed by atoms with Crippen LogP contribution in [0.2, 0.25) is 5.02 Å². The van der Waals surface area contributed by atoms with Gasteiger partial charge in [0.05, 0.1) is 17.4 Å². The number of aliphatic hydroxyl groups excluding tert-OH is 1. The van der Waals surface area contributed by atoms with Crippen molar-refractivity contribution in [2.45, 2.75) is 19.4 Å². The Bertz CT molecular complexity index is 586. The molecule has 0 saturated heterocycles. The molecule has 2 aromatic rings. The molecule has 0 aliphatic heterocycles. The van der Waals surface area contributed by atoms with E-state index in [9.17, 15) is 9.90 Å². The Kier molecular flexibility index (Phi) is 4.65. The van der Waals surface area contributed by atoms with E-state index in [0.717, 1.165) is 0 Å². The van der Waals surface area contributed by atoms with Crippen LogP contribution in [0, 0.1) is 0 Å². The number of aromatic nitrogens is 4. The molecule has 0 saturated carbocycles. The summed E-state index contributed by atoms with van der Waals surface area (Å²) in [6.45, 7) is 2.04. The van der Waals surface area contributed by atoms with Crippen molar-refractivity contribution in [3.05, 3.63) is 35.1 Å². The summed E-state index contributed by atoms with van der Waals surface area (Å²) in [4.78, 5) is 12.2. The van der Waals surface area contributed by atoms with Crippen molar-refractivity contribution >= 4 is 17.5 Å². The number of hydrogen-bond donors (Lipinski definition) is 2. The molecule has 0 spiro atoms. The molecular formula is C12H14ClN5O2. The summed E-state index contributed by atoms with van der Waals surface area (Å²) < 4.78 is 1.39. The number of carbonyl (C=O) groups is 1. The first-order valence-corrected chi connectivity index (χ1v) is 6.45. The molecule has 1 atom stereocenters. The van der Waals surface area contributed by atoms with Crippen molar-refractivity contribution in [2.75, 3.05) is 6.54 Å². The molecule has 1 aromatic heterocycles. The molecule has 106 valence electrons. The van der Waals surface area contributed by atoms with Crippen LogP contribution in [0.5, 0.6) is 0 Å². The van der Waals surface area contributed by atoms with Crippen LogP contribution in [0.4, 0.5) is 0 Å². The predicted octanol–water partition coefficient (Wildman–Crippen LogP) is 0.816. The van der Waals surface area contributed by atoms with Crippen LogP contribution in [0.1, 0.15) is 23.7 Å². The van der Waals surface area contributed by atoms with Gasteiger partial charge in [-0.05, 0) is 42.0 Å². The lowest BCUT2D eigenvalue weighted by molar-refractivity contribution is 0.0945. The fourth-order valence-corrected chi connectivity index (χ4v) is 1.82.